The van der Waals surface area contributed by atoms with Crippen molar-refractivity contribution in [2.24, 2.45) is 5.84 Å². The highest BCUT2D eigenvalue weighted by atomic mass is 79.9. The number of nitrogens with one attached hydrogen (secondary N) is 1. The Morgan fingerprint density at radius 2 is 2.26 bits per heavy atom. The van der Waals surface area contributed by atoms with E-state index in [0.717, 1.165) is 32.1 Å². The van der Waals surface area contributed by atoms with E-state index in [9.17, 15) is 0 Å². The summed E-state index contributed by atoms with van der Waals surface area (Å²) >= 11 is 11.2. The molecule has 6 heteroatoms. The second-order valence-corrected chi connectivity index (χ2v) is 6.31. The lowest BCUT2D eigenvalue weighted by Crippen LogP contribution is -2.29. The summed E-state index contributed by atoms with van der Waals surface area (Å²) in [6.45, 7) is 0. The molecule has 2 rings (SSSR count). The fourth-order valence-corrected chi connectivity index (χ4v) is 3.44. The van der Waals surface area contributed by atoms with Crippen molar-refractivity contribution in [2.45, 2.75) is 12.5 Å². The first-order valence-electron chi connectivity index (χ1n) is 5.66. The first-order chi connectivity index (χ1) is 9.13. The molecule has 0 fully saturated rings. The van der Waals surface area contributed by atoms with Crippen LogP contribution in [0.5, 0.6) is 5.75 Å². The lowest BCUT2D eigenvalue weighted by atomic mass is 10.1. The first-order valence-corrected chi connectivity index (χ1v) is 7.71. The van der Waals surface area contributed by atoms with Gasteiger partial charge in [0.05, 0.1) is 13.2 Å². The predicted octanol–water partition coefficient (Wildman–Crippen LogP) is 3.92. The maximum Gasteiger partial charge on any atom is 0.129 e. The molecule has 0 aliphatic heterocycles. The van der Waals surface area contributed by atoms with Crippen LogP contribution in [0.15, 0.2) is 34.1 Å². The molecule has 0 radical (unpaired) electrons. The Morgan fingerprint density at radius 3 is 2.84 bits per heavy atom. The van der Waals surface area contributed by atoms with Gasteiger partial charge in [-0.2, -0.15) is 0 Å². The summed E-state index contributed by atoms with van der Waals surface area (Å²) in [5.41, 5.74) is 3.89. The number of halogens is 2. The maximum atomic E-state index is 6.23. The van der Waals surface area contributed by atoms with E-state index in [2.05, 4.69) is 21.4 Å². The fourth-order valence-electron chi connectivity index (χ4n) is 1.77. The summed E-state index contributed by atoms with van der Waals surface area (Å²) in [6.07, 6.45) is 0.728. The summed E-state index contributed by atoms with van der Waals surface area (Å²) < 4.78 is 6.16. The second-order valence-electron chi connectivity index (χ2n) is 4.05. The third-order valence-corrected chi connectivity index (χ3v) is 4.68. The number of benzene rings is 1. The highest BCUT2D eigenvalue weighted by molar-refractivity contribution is 9.10. The van der Waals surface area contributed by atoms with E-state index in [4.69, 9.17) is 22.2 Å². The van der Waals surface area contributed by atoms with E-state index in [-0.39, 0.29) is 6.04 Å². The number of hydrazine groups is 1. The minimum atomic E-state index is 0.0209. The quantitative estimate of drug-likeness (QED) is 0.627. The monoisotopic (exact) mass is 360 g/mol. The van der Waals surface area contributed by atoms with Crippen LogP contribution < -0.4 is 16.0 Å². The molecule has 102 valence electrons. The summed E-state index contributed by atoms with van der Waals surface area (Å²) in [5, 5.41) is 2.70. The Kier molecular flexibility index (Phi) is 5.24. The van der Waals surface area contributed by atoms with Crippen molar-refractivity contribution in [3.8, 4) is 5.75 Å². The van der Waals surface area contributed by atoms with Crippen LogP contribution in [0.2, 0.25) is 5.02 Å². The molecule has 2 aromatic rings. The van der Waals surface area contributed by atoms with E-state index < -0.39 is 0 Å². The molecule has 0 aliphatic carbocycles. The minimum Gasteiger partial charge on any atom is -0.496 e. The molecular formula is C13H14BrClN2OS. The van der Waals surface area contributed by atoms with Gasteiger partial charge in [0.2, 0.25) is 0 Å². The van der Waals surface area contributed by atoms with Gasteiger partial charge >= 0.3 is 0 Å². The van der Waals surface area contributed by atoms with Crippen LogP contribution >= 0.6 is 38.9 Å². The van der Waals surface area contributed by atoms with E-state index in [1.807, 2.05) is 29.6 Å². The number of nitrogens with two attached hydrogens (primary N) is 1. The van der Waals surface area contributed by atoms with E-state index in [0.29, 0.717) is 0 Å². The van der Waals surface area contributed by atoms with Gasteiger partial charge < -0.3 is 4.74 Å². The summed E-state index contributed by atoms with van der Waals surface area (Å²) in [6, 6.07) is 7.87. The molecule has 19 heavy (non-hydrogen) atoms. The largest absolute Gasteiger partial charge is 0.496 e. The highest BCUT2D eigenvalue weighted by Gasteiger charge is 2.15. The molecule has 1 atom stereocenters. The third-order valence-electron chi connectivity index (χ3n) is 2.82. The number of thiophene rings is 1. The van der Waals surface area contributed by atoms with Crippen molar-refractivity contribution in [3.05, 3.63) is 49.6 Å². The Labute approximate surface area is 129 Å². The van der Waals surface area contributed by atoms with Gasteiger partial charge in [0, 0.05) is 19.8 Å². The molecule has 0 spiro atoms. The third kappa shape index (κ3) is 3.70. The van der Waals surface area contributed by atoms with Gasteiger partial charge in [0.25, 0.3) is 0 Å². The molecule has 0 bridgehead atoms. The Morgan fingerprint density at radius 1 is 1.47 bits per heavy atom. The standard InChI is InChI=1S/C13H14BrClN2OS/c1-18-10-6-13(19-7-10)12(17-16)4-8-2-3-9(14)5-11(8)15/h2-3,5-7,12,17H,4,16H2,1H3. The van der Waals surface area contributed by atoms with Crippen LogP contribution in [0.1, 0.15) is 16.5 Å². The average molecular weight is 362 g/mol. The average Bonchev–Trinajstić information content (AvgIpc) is 2.86. The van der Waals surface area contributed by atoms with Gasteiger partial charge in [-0.05, 0) is 30.2 Å². The van der Waals surface area contributed by atoms with E-state index in [1.54, 1.807) is 18.4 Å². The van der Waals surface area contributed by atoms with E-state index in [1.165, 1.54) is 0 Å². The number of methoxy groups -OCH3 is 1. The van der Waals surface area contributed by atoms with Gasteiger partial charge in [-0.15, -0.1) is 11.3 Å². The van der Waals surface area contributed by atoms with E-state index >= 15 is 0 Å². The van der Waals surface area contributed by atoms with Gasteiger partial charge in [0.1, 0.15) is 5.75 Å². The van der Waals surface area contributed by atoms with Crippen LogP contribution in [-0.4, -0.2) is 7.11 Å². The molecule has 0 saturated carbocycles. The van der Waals surface area contributed by atoms with Crippen molar-refractivity contribution in [3.63, 3.8) is 0 Å². The maximum absolute atomic E-state index is 6.23. The van der Waals surface area contributed by atoms with Crippen molar-refractivity contribution < 1.29 is 4.74 Å². The molecule has 1 aromatic heterocycles. The Balaban J connectivity index is 2.18. The smallest absolute Gasteiger partial charge is 0.129 e. The van der Waals surface area contributed by atoms with Crippen molar-refractivity contribution in [1.82, 2.24) is 5.43 Å². The normalized spacial score (nSPS) is 12.4. The topological polar surface area (TPSA) is 47.3 Å². The van der Waals surface area contributed by atoms with Gasteiger partial charge in [-0.25, -0.2) is 0 Å². The SMILES string of the molecule is COc1csc(C(Cc2ccc(Br)cc2Cl)NN)c1. The fraction of sp³-hybridized carbons (Fsp3) is 0.231. The Bertz CT molecular complexity index is 561. The summed E-state index contributed by atoms with van der Waals surface area (Å²) in [4.78, 5) is 1.12. The molecule has 1 aromatic carbocycles. The van der Waals surface area contributed by atoms with Gasteiger partial charge in [-0.3, -0.25) is 11.3 Å². The van der Waals surface area contributed by atoms with Crippen molar-refractivity contribution in [2.75, 3.05) is 7.11 Å². The second kappa shape index (κ2) is 6.72. The molecule has 0 amide bonds. The lowest BCUT2D eigenvalue weighted by molar-refractivity contribution is 0.415. The molecule has 1 heterocycles. The van der Waals surface area contributed by atoms with Crippen LogP contribution in [0, 0.1) is 0 Å². The summed E-state index contributed by atoms with van der Waals surface area (Å²) in [7, 11) is 1.66. The van der Waals surface area contributed by atoms with Crippen LogP contribution in [0.4, 0.5) is 0 Å². The molecule has 1 unspecified atom stereocenters. The molecule has 3 nitrogen and oxygen atoms in total. The lowest BCUT2D eigenvalue weighted by Gasteiger charge is -2.15. The zero-order valence-electron chi connectivity index (χ0n) is 10.3. The Hall–Kier alpha value is -0.590. The first kappa shape index (κ1) is 14.8. The number of rotatable bonds is 5. The summed E-state index contributed by atoms with van der Waals surface area (Å²) in [5.74, 6) is 6.50. The van der Waals surface area contributed by atoms with Crippen molar-refractivity contribution in [1.29, 1.82) is 0 Å². The van der Waals surface area contributed by atoms with Crippen LogP contribution in [-0.2, 0) is 6.42 Å². The van der Waals surface area contributed by atoms with Crippen LogP contribution in [0.3, 0.4) is 0 Å². The molecule has 0 aliphatic rings. The van der Waals surface area contributed by atoms with Crippen LogP contribution in [0.25, 0.3) is 0 Å². The number of hydrogen-bond acceptors (Lipinski definition) is 4. The number of hydrogen-bond donors (Lipinski definition) is 2. The molecule has 0 saturated heterocycles. The van der Waals surface area contributed by atoms with Crippen molar-refractivity contribution >= 4 is 38.9 Å². The zero-order chi connectivity index (χ0) is 13.8. The zero-order valence-corrected chi connectivity index (χ0v) is 13.5. The highest BCUT2D eigenvalue weighted by Crippen LogP contribution is 2.31. The van der Waals surface area contributed by atoms with Gasteiger partial charge in [0.15, 0.2) is 0 Å². The predicted molar refractivity (Wildman–Crippen MR) is 83.8 cm³/mol. The molecule has 3 N–H and O–H groups in total. The molecular weight excluding hydrogens is 348 g/mol. The minimum absolute atomic E-state index is 0.0209. The number of ether oxygens (including phenoxy) is 1. The van der Waals surface area contributed by atoms with Gasteiger partial charge in [-0.1, -0.05) is 33.6 Å².